The zero-order valence-corrected chi connectivity index (χ0v) is 13.7. The molecule has 0 aliphatic rings. The predicted octanol–water partition coefficient (Wildman–Crippen LogP) is 3.65. The van der Waals surface area contributed by atoms with Gasteiger partial charge in [0.05, 0.1) is 10.7 Å². The van der Waals surface area contributed by atoms with Gasteiger partial charge < -0.3 is 5.32 Å². The third kappa shape index (κ3) is 5.00. The van der Waals surface area contributed by atoms with Crippen LogP contribution in [0.2, 0.25) is 5.02 Å². The van der Waals surface area contributed by atoms with E-state index in [-0.39, 0.29) is 21.4 Å². The van der Waals surface area contributed by atoms with Gasteiger partial charge in [-0.05, 0) is 42.6 Å². The maximum absolute atomic E-state index is 13.5. The number of thiocarbonyl (C=S) groups is 1. The molecule has 0 saturated carbocycles. The maximum atomic E-state index is 13.5. The topological polar surface area (TPSA) is 53.2 Å². The number of para-hydroxylation sites is 1. The van der Waals surface area contributed by atoms with Crippen LogP contribution in [-0.2, 0) is 4.79 Å². The molecule has 1 amide bonds. The third-order valence-electron chi connectivity index (χ3n) is 2.82. The summed E-state index contributed by atoms with van der Waals surface area (Å²) in [6, 6.07) is 10.1. The van der Waals surface area contributed by atoms with E-state index in [2.05, 4.69) is 16.2 Å². The van der Waals surface area contributed by atoms with E-state index in [4.69, 9.17) is 23.8 Å². The second-order valence-corrected chi connectivity index (χ2v) is 5.33. The highest BCUT2D eigenvalue weighted by atomic mass is 35.5. The highest BCUT2D eigenvalue weighted by Gasteiger charge is 2.05. The lowest BCUT2D eigenvalue weighted by atomic mass is 10.2. The number of nitrogens with one attached hydrogen (secondary N) is 3. The van der Waals surface area contributed by atoms with E-state index in [1.165, 1.54) is 42.5 Å². The Labute approximate surface area is 147 Å². The van der Waals surface area contributed by atoms with Crippen LogP contribution in [0.5, 0.6) is 0 Å². The molecule has 0 spiro atoms. The summed E-state index contributed by atoms with van der Waals surface area (Å²) in [6.07, 6.45) is 2.32. The minimum Gasteiger partial charge on any atom is -0.329 e. The first-order valence-corrected chi connectivity index (χ1v) is 7.49. The number of halogens is 3. The maximum Gasteiger partial charge on any atom is 0.262 e. The normalized spacial score (nSPS) is 10.5. The zero-order chi connectivity index (χ0) is 17.5. The van der Waals surface area contributed by atoms with Gasteiger partial charge in [-0.2, -0.15) is 0 Å². The van der Waals surface area contributed by atoms with Gasteiger partial charge in [-0.3, -0.25) is 15.6 Å². The fourth-order valence-electron chi connectivity index (χ4n) is 1.71. The summed E-state index contributed by atoms with van der Waals surface area (Å²) in [7, 11) is 0. The van der Waals surface area contributed by atoms with Crippen LogP contribution in [0.4, 0.5) is 14.5 Å². The summed E-state index contributed by atoms with van der Waals surface area (Å²) in [5.41, 5.74) is 4.93. The number of rotatable bonds is 3. The lowest BCUT2D eigenvalue weighted by molar-refractivity contribution is -0.116. The highest BCUT2D eigenvalue weighted by Crippen LogP contribution is 2.20. The molecule has 24 heavy (non-hydrogen) atoms. The molecule has 0 aliphatic heterocycles. The van der Waals surface area contributed by atoms with Crippen molar-refractivity contribution in [2.75, 3.05) is 5.32 Å². The molecule has 2 aromatic rings. The van der Waals surface area contributed by atoms with Crippen LogP contribution in [0, 0.1) is 11.6 Å². The van der Waals surface area contributed by atoms with E-state index in [9.17, 15) is 13.6 Å². The first kappa shape index (κ1) is 17.8. The van der Waals surface area contributed by atoms with E-state index < -0.39 is 17.5 Å². The van der Waals surface area contributed by atoms with Crippen molar-refractivity contribution in [3.05, 3.63) is 70.8 Å². The van der Waals surface area contributed by atoms with Crippen molar-refractivity contribution in [3.63, 3.8) is 0 Å². The van der Waals surface area contributed by atoms with Gasteiger partial charge in [-0.15, -0.1) is 0 Å². The molecule has 3 N–H and O–H groups in total. The van der Waals surface area contributed by atoms with Gasteiger partial charge in [0.25, 0.3) is 5.91 Å². The van der Waals surface area contributed by atoms with Gasteiger partial charge in [-0.25, -0.2) is 8.78 Å². The number of hydrogen-bond donors (Lipinski definition) is 3. The summed E-state index contributed by atoms with van der Waals surface area (Å²) in [5.74, 6) is -1.62. The molecule has 2 aromatic carbocycles. The van der Waals surface area contributed by atoms with Crippen LogP contribution in [0.1, 0.15) is 5.56 Å². The molecule has 8 heteroatoms. The van der Waals surface area contributed by atoms with Crippen LogP contribution in [0.25, 0.3) is 6.08 Å². The SMILES string of the molecule is O=C(/C=C/c1c(F)cccc1Cl)NNC(=S)Nc1ccccc1F. The Morgan fingerprint density at radius 3 is 2.46 bits per heavy atom. The molecule has 0 unspecified atom stereocenters. The van der Waals surface area contributed by atoms with E-state index in [1.54, 1.807) is 6.07 Å². The number of carbonyl (C=O) groups is 1. The molecule has 0 heterocycles. The number of hydrazine groups is 1. The Bertz CT molecular complexity index is 778. The van der Waals surface area contributed by atoms with E-state index in [1.807, 2.05) is 0 Å². The lowest BCUT2D eigenvalue weighted by Crippen LogP contribution is -2.43. The van der Waals surface area contributed by atoms with E-state index in [0.717, 1.165) is 6.08 Å². The molecule has 0 radical (unpaired) electrons. The average molecular weight is 368 g/mol. The average Bonchev–Trinajstić information content (AvgIpc) is 2.54. The summed E-state index contributed by atoms with van der Waals surface area (Å²) in [5, 5.41) is 2.76. The van der Waals surface area contributed by atoms with Gasteiger partial charge in [0.15, 0.2) is 5.11 Å². The second kappa shape index (κ2) is 8.37. The standard InChI is InChI=1S/C16H12ClF2N3OS/c17-11-4-3-6-12(18)10(11)8-9-15(23)21-22-16(24)20-14-7-2-1-5-13(14)19/h1-9H,(H,21,23)(H2,20,22,24)/b9-8+. The van der Waals surface area contributed by atoms with Gasteiger partial charge in [0.1, 0.15) is 11.6 Å². The van der Waals surface area contributed by atoms with Crippen molar-refractivity contribution in [2.24, 2.45) is 0 Å². The Kier molecular flexibility index (Phi) is 6.22. The number of hydrogen-bond acceptors (Lipinski definition) is 2. The number of anilines is 1. The van der Waals surface area contributed by atoms with Gasteiger partial charge in [0, 0.05) is 11.6 Å². The van der Waals surface area contributed by atoms with E-state index >= 15 is 0 Å². The minimum atomic E-state index is -0.591. The predicted molar refractivity (Wildman–Crippen MR) is 94.3 cm³/mol. The van der Waals surface area contributed by atoms with Crippen molar-refractivity contribution in [1.29, 1.82) is 0 Å². The molecule has 0 fully saturated rings. The smallest absolute Gasteiger partial charge is 0.262 e. The van der Waals surface area contributed by atoms with Crippen molar-refractivity contribution in [3.8, 4) is 0 Å². The number of amides is 1. The van der Waals surface area contributed by atoms with Crippen LogP contribution in [0.3, 0.4) is 0 Å². The molecule has 0 atom stereocenters. The van der Waals surface area contributed by atoms with Crippen molar-refractivity contribution >= 4 is 46.6 Å². The van der Waals surface area contributed by atoms with Gasteiger partial charge >= 0.3 is 0 Å². The Morgan fingerprint density at radius 2 is 1.75 bits per heavy atom. The third-order valence-corrected chi connectivity index (χ3v) is 3.36. The summed E-state index contributed by atoms with van der Waals surface area (Å²) in [4.78, 5) is 11.7. The first-order chi connectivity index (χ1) is 11.5. The molecule has 0 aliphatic carbocycles. The fraction of sp³-hybridized carbons (Fsp3) is 0. The lowest BCUT2D eigenvalue weighted by Gasteiger charge is -2.11. The summed E-state index contributed by atoms with van der Waals surface area (Å²) < 4.78 is 27.0. The molecular weight excluding hydrogens is 356 g/mol. The molecule has 124 valence electrons. The van der Waals surface area contributed by atoms with Gasteiger partial charge in [0.2, 0.25) is 0 Å². The number of carbonyl (C=O) groups excluding carboxylic acids is 1. The fourth-order valence-corrected chi connectivity index (χ4v) is 2.09. The molecule has 0 bridgehead atoms. The summed E-state index contributed by atoms with van der Waals surface area (Å²) in [6.45, 7) is 0. The Balaban J connectivity index is 1.88. The quantitative estimate of drug-likeness (QED) is 0.440. The molecule has 0 aromatic heterocycles. The molecule has 2 rings (SSSR count). The molecule has 0 saturated heterocycles. The van der Waals surface area contributed by atoms with Crippen molar-refractivity contribution in [1.82, 2.24) is 10.9 Å². The minimum absolute atomic E-state index is 0.00854. The van der Waals surface area contributed by atoms with Crippen LogP contribution < -0.4 is 16.2 Å². The zero-order valence-electron chi connectivity index (χ0n) is 12.1. The van der Waals surface area contributed by atoms with Crippen LogP contribution >= 0.6 is 23.8 Å². The molecular formula is C16H12ClF2N3OS. The van der Waals surface area contributed by atoms with Crippen molar-refractivity contribution < 1.29 is 13.6 Å². The first-order valence-electron chi connectivity index (χ1n) is 6.71. The second-order valence-electron chi connectivity index (χ2n) is 4.52. The Morgan fingerprint density at radius 1 is 1.04 bits per heavy atom. The Hall–Kier alpha value is -2.51. The van der Waals surface area contributed by atoms with Crippen LogP contribution in [-0.4, -0.2) is 11.0 Å². The van der Waals surface area contributed by atoms with Crippen molar-refractivity contribution in [2.45, 2.75) is 0 Å². The highest BCUT2D eigenvalue weighted by molar-refractivity contribution is 7.80. The molecule has 4 nitrogen and oxygen atoms in total. The monoisotopic (exact) mass is 367 g/mol. The van der Waals surface area contributed by atoms with E-state index in [0.29, 0.717) is 0 Å². The number of benzene rings is 2. The van der Waals surface area contributed by atoms with Crippen LogP contribution in [0.15, 0.2) is 48.5 Å². The van der Waals surface area contributed by atoms with Gasteiger partial charge in [-0.1, -0.05) is 29.8 Å². The summed E-state index contributed by atoms with van der Waals surface area (Å²) >= 11 is 10.8. The largest absolute Gasteiger partial charge is 0.329 e.